The van der Waals surface area contributed by atoms with Crippen molar-refractivity contribution in [2.75, 3.05) is 7.11 Å². The van der Waals surface area contributed by atoms with E-state index in [1.165, 1.54) is 24.1 Å². The molecular weight excluding hydrogens is 386 g/mol. The average molecular weight is 404 g/mol. The standard InChI is InChI=1S/C20H18F2N2O3S/c1-12(14-6-4-3-5-7-14)24-18(25)15(23-20(24)28)10-13-8-9-16(27-19(21)22)17(11-13)26-2/h3-12,19H,1-2H3,(H,23,28)/b15-10-. The molecule has 1 fully saturated rings. The molecule has 146 valence electrons. The Morgan fingerprint density at radius 2 is 1.86 bits per heavy atom. The van der Waals surface area contributed by atoms with Crippen molar-refractivity contribution in [3.63, 3.8) is 0 Å². The van der Waals surface area contributed by atoms with E-state index in [1.807, 2.05) is 37.3 Å². The van der Waals surface area contributed by atoms with Gasteiger partial charge in [-0.3, -0.25) is 9.69 Å². The highest BCUT2D eigenvalue weighted by atomic mass is 32.1. The van der Waals surface area contributed by atoms with E-state index in [0.717, 1.165) is 5.56 Å². The maximum Gasteiger partial charge on any atom is 0.387 e. The molecule has 0 bridgehead atoms. The van der Waals surface area contributed by atoms with Crippen LogP contribution < -0.4 is 14.8 Å². The van der Waals surface area contributed by atoms with Crippen LogP contribution in [0.1, 0.15) is 24.1 Å². The van der Waals surface area contributed by atoms with Gasteiger partial charge in [0.2, 0.25) is 0 Å². The Kier molecular flexibility index (Phi) is 5.89. The SMILES string of the molecule is COc1cc(/C=C2\NC(=S)N(C(C)c3ccccc3)C2=O)ccc1OC(F)F. The maximum absolute atomic E-state index is 12.9. The molecule has 8 heteroatoms. The summed E-state index contributed by atoms with van der Waals surface area (Å²) in [7, 11) is 1.35. The fraction of sp³-hybridized carbons (Fsp3) is 0.200. The van der Waals surface area contributed by atoms with E-state index < -0.39 is 6.61 Å². The highest BCUT2D eigenvalue weighted by molar-refractivity contribution is 7.80. The summed E-state index contributed by atoms with van der Waals surface area (Å²) < 4.78 is 34.4. The Labute approximate surface area is 166 Å². The molecule has 1 aliphatic rings. The molecule has 0 aliphatic carbocycles. The van der Waals surface area contributed by atoms with Crippen molar-refractivity contribution >= 4 is 29.3 Å². The van der Waals surface area contributed by atoms with E-state index >= 15 is 0 Å². The Morgan fingerprint density at radius 3 is 2.50 bits per heavy atom. The van der Waals surface area contributed by atoms with Crippen LogP contribution in [-0.4, -0.2) is 29.6 Å². The summed E-state index contributed by atoms with van der Waals surface area (Å²) in [6.07, 6.45) is 1.58. The number of hydrogen-bond acceptors (Lipinski definition) is 4. The van der Waals surface area contributed by atoms with Gasteiger partial charge >= 0.3 is 6.61 Å². The van der Waals surface area contributed by atoms with Crippen LogP contribution in [-0.2, 0) is 4.79 Å². The van der Waals surface area contributed by atoms with Gasteiger partial charge < -0.3 is 14.8 Å². The van der Waals surface area contributed by atoms with Crippen LogP contribution in [0.25, 0.3) is 6.08 Å². The molecule has 1 amide bonds. The number of halogens is 2. The minimum atomic E-state index is -2.96. The maximum atomic E-state index is 12.9. The zero-order chi connectivity index (χ0) is 20.3. The lowest BCUT2D eigenvalue weighted by atomic mass is 10.1. The molecule has 2 aromatic rings. The van der Waals surface area contributed by atoms with Crippen molar-refractivity contribution in [1.82, 2.24) is 10.2 Å². The summed E-state index contributed by atoms with van der Waals surface area (Å²) >= 11 is 5.33. The number of nitrogens with zero attached hydrogens (tertiary/aromatic N) is 1. The third-order valence-corrected chi connectivity index (χ3v) is 4.59. The van der Waals surface area contributed by atoms with E-state index in [-0.39, 0.29) is 29.1 Å². The van der Waals surface area contributed by atoms with Gasteiger partial charge in [-0.05, 0) is 48.5 Å². The number of alkyl halides is 2. The predicted molar refractivity (Wildman–Crippen MR) is 105 cm³/mol. The van der Waals surface area contributed by atoms with Gasteiger partial charge in [-0.15, -0.1) is 0 Å². The summed E-state index contributed by atoms with van der Waals surface area (Å²) in [4.78, 5) is 14.4. The number of ether oxygens (including phenoxy) is 2. The van der Waals surface area contributed by atoms with Crippen LogP contribution in [0.3, 0.4) is 0 Å². The molecule has 1 unspecified atom stereocenters. The highest BCUT2D eigenvalue weighted by Crippen LogP contribution is 2.31. The molecule has 0 radical (unpaired) electrons. The molecule has 0 aromatic heterocycles. The summed E-state index contributed by atoms with van der Waals surface area (Å²) in [6, 6.07) is 13.7. The van der Waals surface area contributed by atoms with Gasteiger partial charge in [0.05, 0.1) is 13.2 Å². The van der Waals surface area contributed by atoms with E-state index in [0.29, 0.717) is 10.7 Å². The lowest BCUT2D eigenvalue weighted by molar-refractivity contribution is -0.123. The smallest absolute Gasteiger partial charge is 0.387 e. The van der Waals surface area contributed by atoms with Gasteiger partial charge in [0, 0.05) is 0 Å². The summed E-state index contributed by atoms with van der Waals surface area (Å²) in [5.74, 6) is -0.217. The molecule has 1 atom stereocenters. The molecule has 0 spiro atoms. The Hall–Kier alpha value is -3.00. The lowest BCUT2D eigenvalue weighted by Gasteiger charge is -2.23. The third-order valence-electron chi connectivity index (χ3n) is 4.29. The quantitative estimate of drug-likeness (QED) is 0.580. The van der Waals surface area contributed by atoms with Gasteiger partial charge in [-0.1, -0.05) is 36.4 Å². The van der Waals surface area contributed by atoms with Crippen LogP contribution in [0.5, 0.6) is 11.5 Å². The first-order valence-corrected chi connectivity index (χ1v) is 8.85. The van der Waals surface area contributed by atoms with Crippen molar-refractivity contribution in [2.24, 2.45) is 0 Å². The second-order valence-corrected chi connectivity index (χ2v) is 6.43. The van der Waals surface area contributed by atoms with Gasteiger partial charge in [0.1, 0.15) is 5.70 Å². The van der Waals surface area contributed by atoms with Crippen LogP contribution in [0.4, 0.5) is 8.78 Å². The predicted octanol–water partition coefficient (Wildman–Crippen LogP) is 4.12. The topological polar surface area (TPSA) is 50.8 Å². The number of nitrogens with one attached hydrogen (secondary N) is 1. The summed E-state index contributed by atoms with van der Waals surface area (Å²) in [6.45, 7) is -1.06. The molecule has 2 aromatic carbocycles. The van der Waals surface area contributed by atoms with E-state index in [4.69, 9.17) is 17.0 Å². The summed E-state index contributed by atoms with van der Waals surface area (Å²) in [5, 5.41) is 3.22. The molecule has 5 nitrogen and oxygen atoms in total. The van der Waals surface area contributed by atoms with E-state index in [2.05, 4.69) is 10.1 Å². The second kappa shape index (κ2) is 8.35. The van der Waals surface area contributed by atoms with Gasteiger partial charge in [0.25, 0.3) is 5.91 Å². The molecule has 1 saturated heterocycles. The number of amides is 1. The molecule has 1 N–H and O–H groups in total. The summed E-state index contributed by atoms with van der Waals surface area (Å²) in [5.41, 5.74) is 1.82. The fourth-order valence-electron chi connectivity index (χ4n) is 2.92. The number of thiocarbonyl (C=S) groups is 1. The van der Waals surface area contributed by atoms with Gasteiger partial charge in [-0.25, -0.2) is 0 Å². The molecule has 28 heavy (non-hydrogen) atoms. The molecular formula is C20H18F2N2O3S. The number of carbonyl (C=O) groups is 1. The second-order valence-electron chi connectivity index (χ2n) is 6.04. The number of rotatable bonds is 6. The Morgan fingerprint density at radius 1 is 1.14 bits per heavy atom. The monoisotopic (exact) mass is 404 g/mol. The molecule has 0 saturated carbocycles. The van der Waals surface area contributed by atoms with Crippen molar-refractivity contribution in [1.29, 1.82) is 0 Å². The number of hydrogen-bond donors (Lipinski definition) is 1. The van der Waals surface area contributed by atoms with Crippen molar-refractivity contribution in [3.05, 3.63) is 65.4 Å². The first-order chi connectivity index (χ1) is 13.4. The van der Waals surface area contributed by atoms with Crippen LogP contribution >= 0.6 is 12.2 Å². The lowest BCUT2D eigenvalue weighted by Crippen LogP contribution is -2.33. The van der Waals surface area contributed by atoms with Crippen molar-refractivity contribution in [2.45, 2.75) is 19.6 Å². The van der Waals surface area contributed by atoms with Crippen molar-refractivity contribution in [3.8, 4) is 11.5 Å². The zero-order valence-electron chi connectivity index (χ0n) is 15.2. The minimum Gasteiger partial charge on any atom is -0.493 e. The minimum absolute atomic E-state index is 0.0831. The number of methoxy groups -OCH3 is 1. The molecule has 3 rings (SSSR count). The van der Waals surface area contributed by atoms with Gasteiger partial charge in [0.15, 0.2) is 16.6 Å². The number of benzene rings is 2. The Bertz CT molecular complexity index is 919. The normalized spacial score (nSPS) is 16.5. The Balaban J connectivity index is 1.85. The molecule has 1 aliphatic heterocycles. The van der Waals surface area contributed by atoms with E-state index in [9.17, 15) is 13.6 Å². The number of carbonyl (C=O) groups excluding carboxylic acids is 1. The van der Waals surface area contributed by atoms with Crippen LogP contribution in [0.2, 0.25) is 0 Å². The van der Waals surface area contributed by atoms with Crippen LogP contribution in [0.15, 0.2) is 54.2 Å². The van der Waals surface area contributed by atoms with Crippen molar-refractivity contribution < 1.29 is 23.0 Å². The van der Waals surface area contributed by atoms with Gasteiger partial charge in [-0.2, -0.15) is 8.78 Å². The van der Waals surface area contributed by atoms with E-state index in [1.54, 1.807) is 12.1 Å². The third kappa shape index (κ3) is 4.12. The largest absolute Gasteiger partial charge is 0.493 e. The average Bonchev–Trinajstić information content (AvgIpc) is 2.96. The molecule has 1 heterocycles. The zero-order valence-corrected chi connectivity index (χ0v) is 16.0. The first-order valence-electron chi connectivity index (χ1n) is 8.44. The van der Waals surface area contributed by atoms with Crippen LogP contribution in [0, 0.1) is 0 Å². The fourth-order valence-corrected chi connectivity index (χ4v) is 3.27. The first kappa shape index (κ1) is 19.8. The highest BCUT2D eigenvalue weighted by Gasteiger charge is 2.34.